The zero-order valence-corrected chi connectivity index (χ0v) is 11.7. The van der Waals surface area contributed by atoms with Crippen molar-refractivity contribution in [1.29, 1.82) is 0 Å². The highest BCUT2D eigenvalue weighted by atomic mass is 79.9. The first-order valence-corrected chi connectivity index (χ1v) is 6.11. The van der Waals surface area contributed by atoms with Crippen LogP contribution in [0.1, 0.15) is 17.3 Å². The third-order valence-electron chi connectivity index (χ3n) is 2.18. The first-order valence-electron chi connectivity index (χ1n) is 5.32. The van der Waals surface area contributed by atoms with Gasteiger partial charge < -0.3 is 15.3 Å². The quantitative estimate of drug-likeness (QED) is 0.850. The molecule has 0 unspecified atom stereocenters. The number of rotatable bonds is 5. The Hall–Kier alpha value is -1.63. The van der Waals surface area contributed by atoms with Gasteiger partial charge in [-0.2, -0.15) is 0 Å². The van der Waals surface area contributed by atoms with Crippen LogP contribution in [0, 0.1) is 0 Å². The molecular formula is C11H14BrN3O3. The molecule has 6 nitrogen and oxygen atoms in total. The van der Waals surface area contributed by atoms with Crippen LogP contribution < -0.4 is 10.2 Å². The Labute approximate surface area is 113 Å². The molecule has 0 bridgehead atoms. The highest BCUT2D eigenvalue weighted by molar-refractivity contribution is 9.10. The molecule has 0 atom stereocenters. The van der Waals surface area contributed by atoms with E-state index in [9.17, 15) is 9.59 Å². The van der Waals surface area contributed by atoms with Crippen LogP contribution in [0.4, 0.5) is 5.82 Å². The van der Waals surface area contributed by atoms with Gasteiger partial charge in [-0.3, -0.25) is 4.79 Å². The van der Waals surface area contributed by atoms with Crippen LogP contribution in [0.5, 0.6) is 0 Å². The maximum atomic E-state index is 11.4. The maximum absolute atomic E-state index is 11.4. The first kappa shape index (κ1) is 14.4. The van der Waals surface area contributed by atoms with Crippen molar-refractivity contribution in [3.63, 3.8) is 0 Å². The molecule has 18 heavy (non-hydrogen) atoms. The first-order chi connectivity index (χ1) is 8.45. The fourth-order valence-corrected chi connectivity index (χ4v) is 1.77. The highest BCUT2D eigenvalue weighted by Gasteiger charge is 2.17. The zero-order valence-electron chi connectivity index (χ0n) is 10.1. The SMILES string of the molecule is CCNC(=O)CN(C)c1ncc(Br)cc1C(=O)O. The van der Waals surface area contributed by atoms with Gasteiger partial charge in [0.25, 0.3) is 0 Å². The van der Waals surface area contributed by atoms with Crippen LogP contribution in [0.15, 0.2) is 16.7 Å². The molecule has 1 heterocycles. The smallest absolute Gasteiger partial charge is 0.339 e. The molecule has 1 rings (SSSR count). The number of hydrogen-bond acceptors (Lipinski definition) is 4. The molecule has 0 aliphatic heterocycles. The van der Waals surface area contributed by atoms with Crippen LogP contribution in [0.2, 0.25) is 0 Å². The minimum atomic E-state index is -1.08. The molecule has 0 saturated carbocycles. The average molecular weight is 316 g/mol. The van der Waals surface area contributed by atoms with Crippen LogP contribution in [0.25, 0.3) is 0 Å². The van der Waals surface area contributed by atoms with Crippen molar-refractivity contribution in [2.75, 3.05) is 25.0 Å². The predicted molar refractivity (Wildman–Crippen MR) is 70.9 cm³/mol. The van der Waals surface area contributed by atoms with E-state index in [0.717, 1.165) is 0 Å². The molecule has 0 spiro atoms. The number of carboxylic acid groups (broad SMARTS) is 1. The summed E-state index contributed by atoms with van der Waals surface area (Å²) < 4.78 is 0.579. The lowest BCUT2D eigenvalue weighted by Gasteiger charge is -2.19. The maximum Gasteiger partial charge on any atom is 0.339 e. The molecule has 7 heteroatoms. The Bertz CT molecular complexity index is 465. The van der Waals surface area contributed by atoms with Gasteiger partial charge in [-0.15, -0.1) is 0 Å². The number of anilines is 1. The molecular weight excluding hydrogens is 302 g/mol. The fourth-order valence-electron chi connectivity index (χ4n) is 1.44. The second-order valence-electron chi connectivity index (χ2n) is 3.64. The largest absolute Gasteiger partial charge is 0.478 e. The number of nitrogens with one attached hydrogen (secondary N) is 1. The van der Waals surface area contributed by atoms with Gasteiger partial charge in [0.1, 0.15) is 11.4 Å². The fraction of sp³-hybridized carbons (Fsp3) is 0.364. The second kappa shape index (κ2) is 6.34. The summed E-state index contributed by atoms with van der Waals surface area (Å²) in [4.78, 5) is 28.1. The van der Waals surface area contributed by atoms with Crippen molar-refractivity contribution >= 4 is 33.6 Å². The molecule has 0 aliphatic rings. The summed E-state index contributed by atoms with van der Waals surface area (Å²) in [5, 5.41) is 11.7. The Balaban J connectivity index is 2.94. The summed E-state index contributed by atoms with van der Waals surface area (Å²) in [5.74, 6) is -1.00. The van der Waals surface area contributed by atoms with Gasteiger partial charge in [0.05, 0.1) is 6.54 Å². The lowest BCUT2D eigenvalue weighted by Crippen LogP contribution is -2.36. The van der Waals surface area contributed by atoms with Crippen LogP contribution in [-0.2, 0) is 4.79 Å². The molecule has 1 aromatic rings. The van der Waals surface area contributed by atoms with Crippen molar-refractivity contribution in [3.8, 4) is 0 Å². The number of hydrogen-bond donors (Lipinski definition) is 2. The van der Waals surface area contributed by atoms with E-state index in [1.54, 1.807) is 7.05 Å². The van der Waals surface area contributed by atoms with Gasteiger partial charge in [-0.25, -0.2) is 9.78 Å². The molecule has 0 saturated heterocycles. The summed E-state index contributed by atoms with van der Waals surface area (Å²) in [6, 6.07) is 1.46. The molecule has 0 radical (unpaired) electrons. The summed E-state index contributed by atoms with van der Waals surface area (Å²) >= 11 is 3.17. The van der Waals surface area contributed by atoms with Gasteiger partial charge in [0.2, 0.25) is 5.91 Å². The van der Waals surface area contributed by atoms with Crippen molar-refractivity contribution < 1.29 is 14.7 Å². The standard InChI is InChI=1S/C11H14BrN3O3/c1-3-13-9(16)6-15(2)10-8(11(17)18)4-7(12)5-14-10/h4-5H,3,6H2,1-2H3,(H,13,16)(H,17,18). The number of halogens is 1. The number of carbonyl (C=O) groups excluding carboxylic acids is 1. The van der Waals surface area contributed by atoms with E-state index in [0.29, 0.717) is 11.0 Å². The number of pyridine rings is 1. The summed E-state index contributed by atoms with van der Waals surface area (Å²) in [7, 11) is 1.62. The van der Waals surface area contributed by atoms with Crippen LogP contribution in [0.3, 0.4) is 0 Å². The minimum absolute atomic E-state index is 0.0520. The Kier molecular flexibility index (Phi) is 5.08. The molecule has 1 amide bonds. The highest BCUT2D eigenvalue weighted by Crippen LogP contribution is 2.20. The lowest BCUT2D eigenvalue weighted by molar-refractivity contribution is -0.119. The molecule has 1 aromatic heterocycles. The number of aromatic carboxylic acids is 1. The molecule has 98 valence electrons. The van der Waals surface area contributed by atoms with Crippen molar-refractivity contribution in [3.05, 3.63) is 22.3 Å². The Morgan fingerprint density at radius 2 is 2.22 bits per heavy atom. The number of amides is 1. The molecule has 0 fully saturated rings. The van der Waals surface area contributed by atoms with E-state index in [1.165, 1.54) is 17.2 Å². The predicted octanol–water partition coefficient (Wildman–Crippen LogP) is 1.11. The van der Waals surface area contributed by atoms with E-state index in [-0.39, 0.29) is 23.8 Å². The van der Waals surface area contributed by atoms with Gasteiger partial charge >= 0.3 is 5.97 Å². The van der Waals surface area contributed by atoms with Gasteiger partial charge in [0, 0.05) is 24.3 Å². The summed E-state index contributed by atoms with van der Waals surface area (Å²) in [6.07, 6.45) is 1.50. The van der Waals surface area contributed by atoms with E-state index in [1.807, 2.05) is 6.92 Å². The van der Waals surface area contributed by atoms with E-state index < -0.39 is 5.97 Å². The molecule has 2 N–H and O–H groups in total. The molecule has 0 aliphatic carbocycles. The number of carbonyl (C=O) groups is 2. The van der Waals surface area contributed by atoms with Gasteiger partial charge in [0.15, 0.2) is 0 Å². The average Bonchev–Trinajstić information content (AvgIpc) is 2.28. The van der Waals surface area contributed by atoms with E-state index in [4.69, 9.17) is 5.11 Å². The summed E-state index contributed by atoms with van der Waals surface area (Å²) in [6.45, 7) is 2.41. The third-order valence-corrected chi connectivity index (χ3v) is 2.61. The minimum Gasteiger partial charge on any atom is -0.478 e. The van der Waals surface area contributed by atoms with Crippen molar-refractivity contribution in [2.45, 2.75) is 6.92 Å². The number of nitrogens with zero attached hydrogens (tertiary/aromatic N) is 2. The van der Waals surface area contributed by atoms with E-state index in [2.05, 4.69) is 26.2 Å². The topological polar surface area (TPSA) is 82.5 Å². The third kappa shape index (κ3) is 3.69. The Morgan fingerprint density at radius 3 is 2.78 bits per heavy atom. The Morgan fingerprint density at radius 1 is 1.56 bits per heavy atom. The lowest BCUT2D eigenvalue weighted by atomic mass is 10.2. The van der Waals surface area contributed by atoms with Gasteiger partial charge in [-0.1, -0.05) is 0 Å². The normalized spacial score (nSPS) is 9.94. The van der Waals surface area contributed by atoms with Crippen molar-refractivity contribution in [2.24, 2.45) is 0 Å². The zero-order chi connectivity index (χ0) is 13.7. The van der Waals surface area contributed by atoms with Crippen molar-refractivity contribution in [1.82, 2.24) is 10.3 Å². The van der Waals surface area contributed by atoms with Crippen LogP contribution >= 0.6 is 15.9 Å². The van der Waals surface area contributed by atoms with Gasteiger partial charge in [-0.05, 0) is 28.9 Å². The number of likely N-dealkylation sites (N-methyl/N-ethyl adjacent to an activating group) is 2. The van der Waals surface area contributed by atoms with E-state index >= 15 is 0 Å². The monoisotopic (exact) mass is 315 g/mol. The second-order valence-corrected chi connectivity index (χ2v) is 4.56. The number of carboxylic acids is 1. The molecule has 0 aromatic carbocycles. The van der Waals surface area contributed by atoms with Crippen LogP contribution in [-0.4, -0.2) is 42.1 Å². The summed E-state index contributed by atoms with van der Waals surface area (Å²) in [5.41, 5.74) is 0.0520. The number of aromatic nitrogens is 1.